The molecule has 9 heteroatoms. The molecule has 0 aliphatic carbocycles. The van der Waals surface area contributed by atoms with E-state index in [1.54, 1.807) is 0 Å². The smallest absolute Gasteiger partial charge is 0.453 e. The molecule has 5 nitrogen and oxygen atoms in total. The van der Waals surface area contributed by atoms with Gasteiger partial charge in [-0.2, -0.15) is 13.2 Å². The maximum Gasteiger partial charge on any atom is 0.453 e. The number of ether oxygens (including phenoxy) is 1. The minimum atomic E-state index is -4.98. The molecule has 0 saturated carbocycles. The van der Waals surface area contributed by atoms with Crippen LogP contribution in [0.5, 0.6) is 17.2 Å². The van der Waals surface area contributed by atoms with Crippen molar-refractivity contribution in [2.45, 2.75) is 32.5 Å². The van der Waals surface area contributed by atoms with Crippen LogP contribution in [-0.2, 0) is 12.7 Å². The summed E-state index contributed by atoms with van der Waals surface area (Å²) in [5, 5.41) is 10.7. The molecule has 1 aliphatic heterocycles. The highest BCUT2D eigenvalue weighted by Gasteiger charge is 2.41. The molecular weight excluding hydrogens is 447 g/mol. The number of likely N-dealkylation sites (tertiary alicyclic amines) is 1. The maximum absolute atomic E-state index is 13.9. The van der Waals surface area contributed by atoms with Crippen LogP contribution in [0.1, 0.15) is 31.1 Å². The molecule has 1 aliphatic rings. The topological polar surface area (TPSA) is 64.1 Å². The molecular formula is C23H22ClF3NO4+. The van der Waals surface area contributed by atoms with E-state index in [4.69, 9.17) is 20.8 Å². The second kappa shape index (κ2) is 8.67. The van der Waals surface area contributed by atoms with Crippen LogP contribution >= 0.6 is 11.6 Å². The summed E-state index contributed by atoms with van der Waals surface area (Å²) in [4.78, 5) is 14.2. The maximum atomic E-state index is 13.9. The molecule has 0 unspecified atom stereocenters. The highest BCUT2D eigenvalue weighted by molar-refractivity contribution is 6.30. The molecule has 0 spiro atoms. The average molecular weight is 469 g/mol. The zero-order valence-corrected chi connectivity index (χ0v) is 18.0. The first-order chi connectivity index (χ1) is 15.1. The van der Waals surface area contributed by atoms with Crippen LogP contribution in [0.15, 0.2) is 45.6 Å². The van der Waals surface area contributed by atoms with Crippen molar-refractivity contribution in [3.05, 3.63) is 63.0 Å². The fourth-order valence-electron chi connectivity index (χ4n) is 3.95. The number of alkyl halides is 3. The lowest BCUT2D eigenvalue weighted by molar-refractivity contribution is -0.919. The van der Waals surface area contributed by atoms with E-state index < -0.39 is 23.1 Å². The van der Waals surface area contributed by atoms with E-state index in [0.717, 1.165) is 30.8 Å². The predicted molar refractivity (Wildman–Crippen MR) is 113 cm³/mol. The predicted octanol–water partition coefficient (Wildman–Crippen LogP) is 4.78. The number of piperidine rings is 1. The lowest BCUT2D eigenvalue weighted by Crippen LogP contribution is -3.11. The number of phenols is 1. The standard InChI is InChI=1S/C23H21ClF3NO4/c1-13-8-10-28(11-9-13)12-17-18(29)7-6-16-19(30)21(22(23(25,26)27)32-20(16)17)31-15-4-2-14(24)3-5-15/h2-7,13,29H,8-12H2,1H3/p+1. The Hall–Kier alpha value is -2.71. The molecule has 2 N–H and O–H groups in total. The van der Waals surface area contributed by atoms with Gasteiger partial charge in [0, 0.05) is 5.02 Å². The van der Waals surface area contributed by atoms with Gasteiger partial charge < -0.3 is 19.2 Å². The second-order valence-electron chi connectivity index (χ2n) is 8.19. The van der Waals surface area contributed by atoms with E-state index in [1.165, 1.54) is 36.4 Å². The fourth-order valence-corrected chi connectivity index (χ4v) is 4.08. The molecule has 2 aromatic carbocycles. The number of nitrogens with one attached hydrogen (secondary N) is 1. The molecule has 32 heavy (non-hydrogen) atoms. The van der Waals surface area contributed by atoms with Crippen LogP contribution in [0.25, 0.3) is 11.0 Å². The lowest BCUT2D eigenvalue weighted by atomic mass is 9.98. The van der Waals surface area contributed by atoms with Gasteiger partial charge in [-0.1, -0.05) is 18.5 Å². The van der Waals surface area contributed by atoms with Crippen LogP contribution < -0.4 is 15.1 Å². The van der Waals surface area contributed by atoms with Crippen LogP contribution in [0.2, 0.25) is 5.02 Å². The first kappa shape index (κ1) is 22.5. The second-order valence-corrected chi connectivity index (χ2v) is 8.63. The first-order valence-corrected chi connectivity index (χ1v) is 10.7. The Balaban J connectivity index is 1.83. The number of rotatable bonds is 4. The van der Waals surface area contributed by atoms with Crippen LogP contribution in [0, 0.1) is 5.92 Å². The number of hydrogen-bond acceptors (Lipinski definition) is 4. The largest absolute Gasteiger partial charge is 0.507 e. The zero-order chi connectivity index (χ0) is 23.0. The summed E-state index contributed by atoms with van der Waals surface area (Å²) in [6.07, 6.45) is -3.01. The Morgan fingerprint density at radius 3 is 2.44 bits per heavy atom. The number of benzene rings is 2. The van der Waals surface area contributed by atoms with Crippen LogP contribution in [0.4, 0.5) is 13.2 Å². The van der Waals surface area contributed by atoms with E-state index >= 15 is 0 Å². The van der Waals surface area contributed by atoms with Crippen molar-refractivity contribution in [2.75, 3.05) is 13.1 Å². The normalized spacial score (nSPS) is 19.3. The molecule has 0 atom stereocenters. The molecule has 170 valence electrons. The summed E-state index contributed by atoms with van der Waals surface area (Å²) in [7, 11) is 0. The zero-order valence-electron chi connectivity index (χ0n) is 17.3. The van der Waals surface area contributed by atoms with Gasteiger partial charge in [0.2, 0.25) is 11.2 Å². The number of phenolic OH excluding ortho intramolecular Hbond substituents is 1. The highest BCUT2D eigenvalue weighted by atomic mass is 35.5. The van der Waals surface area contributed by atoms with Crippen molar-refractivity contribution in [3.63, 3.8) is 0 Å². The first-order valence-electron chi connectivity index (χ1n) is 10.3. The summed E-state index contributed by atoms with van der Waals surface area (Å²) in [6, 6.07) is 8.14. The van der Waals surface area contributed by atoms with Gasteiger partial charge in [-0.25, -0.2) is 0 Å². The molecule has 4 rings (SSSR count). The summed E-state index contributed by atoms with van der Waals surface area (Å²) < 4.78 is 52.1. The third-order valence-corrected chi connectivity index (χ3v) is 6.05. The van der Waals surface area contributed by atoms with Crippen molar-refractivity contribution < 1.29 is 32.3 Å². The monoisotopic (exact) mass is 468 g/mol. The van der Waals surface area contributed by atoms with E-state index in [2.05, 4.69) is 6.92 Å². The van der Waals surface area contributed by atoms with Crippen molar-refractivity contribution in [1.82, 2.24) is 0 Å². The van der Waals surface area contributed by atoms with Crippen LogP contribution in [0.3, 0.4) is 0 Å². The van der Waals surface area contributed by atoms with Crippen LogP contribution in [-0.4, -0.2) is 18.2 Å². The van der Waals surface area contributed by atoms with Gasteiger partial charge in [-0.05, 0) is 55.2 Å². The van der Waals surface area contributed by atoms with Gasteiger partial charge in [0.05, 0.1) is 24.0 Å². The third kappa shape index (κ3) is 4.56. The van der Waals surface area contributed by atoms with E-state index in [-0.39, 0.29) is 34.6 Å². The van der Waals surface area contributed by atoms with Crippen molar-refractivity contribution in [1.29, 1.82) is 0 Å². The van der Waals surface area contributed by atoms with Gasteiger partial charge in [-0.3, -0.25) is 4.79 Å². The molecule has 1 fully saturated rings. The van der Waals surface area contributed by atoms with Crippen molar-refractivity contribution >= 4 is 22.6 Å². The van der Waals surface area contributed by atoms with E-state index in [1.807, 2.05) is 0 Å². The third-order valence-electron chi connectivity index (χ3n) is 5.80. The minimum absolute atomic E-state index is 0.0115. The average Bonchev–Trinajstić information content (AvgIpc) is 2.74. The molecule has 0 amide bonds. The quantitative estimate of drug-likeness (QED) is 0.578. The van der Waals surface area contributed by atoms with Crippen molar-refractivity contribution in [3.8, 4) is 17.2 Å². The Bertz CT molecular complexity index is 1180. The van der Waals surface area contributed by atoms with Gasteiger partial charge in [0.25, 0.3) is 5.76 Å². The Morgan fingerprint density at radius 1 is 1.16 bits per heavy atom. The Kier molecular flexibility index (Phi) is 6.09. The molecule has 3 aromatic rings. The minimum Gasteiger partial charge on any atom is -0.507 e. The number of quaternary nitrogens is 1. The van der Waals surface area contributed by atoms with Gasteiger partial charge in [-0.15, -0.1) is 0 Å². The Morgan fingerprint density at radius 2 is 1.81 bits per heavy atom. The fraction of sp³-hybridized carbons (Fsp3) is 0.348. The molecule has 0 bridgehead atoms. The summed E-state index contributed by atoms with van der Waals surface area (Å²) in [5.41, 5.74) is -1.04. The molecule has 1 saturated heterocycles. The summed E-state index contributed by atoms with van der Waals surface area (Å²) in [5.74, 6) is -2.10. The van der Waals surface area contributed by atoms with E-state index in [9.17, 15) is 23.1 Å². The van der Waals surface area contributed by atoms with Crippen molar-refractivity contribution in [2.24, 2.45) is 5.92 Å². The van der Waals surface area contributed by atoms with Gasteiger partial charge >= 0.3 is 6.18 Å². The molecule has 1 aromatic heterocycles. The number of halogens is 4. The lowest BCUT2D eigenvalue weighted by Gasteiger charge is -2.27. The van der Waals surface area contributed by atoms with E-state index in [0.29, 0.717) is 10.9 Å². The highest BCUT2D eigenvalue weighted by Crippen LogP contribution is 2.39. The van der Waals surface area contributed by atoms with Gasteiger partial charge in [0.1, 0.15) is 18.0 Å². The van der Waals surface area contributed by atoms with Gasteiger partial charge in [0.15, 0.2) is 5.58 Å². The Labute approximate surface area is 187 Å². The summed E-state index contributed by atoms with van der Waals surface area (Å²) in [6.45, 7) is 4.06. The number of hydrogen-bond donors (Lipinski definition) is 2. The SMILES string of the molecule is CC1CC[NH+](Cc2c(O)ccc3c(=O)c(Oc4ccc(Cl)cc4)c(C(F)(F)F)oc23)CC1. The molecule has 2 heterocycles. The number of fused-ring (bicyclic) bond motifs is 1. The molecule has 0 radical (unpaired) electrons. The summed E-state index contributed by atoms with van der Waals surface area (Å²) >= 11 is 5.81. The number of aromatic hydroxyl groups is 1.